The van der Waals surface area contributed by atoms with Crippen LogP contribution in [-0.4, -0.2) is 63.8 Å². The van der Waals surface area contributed by atoms with Crippen LogP contribution >= 0.6 is 12.6 Å². The molecule has 0 aromatic heterocycles. The Morgan fingerprint density at radius 3 is 2.19 bits per heavy atom. The molecule has 2 amide bonds. The van der Waals surface area contributed by atoms with Crippen LogP contribution in [0.3, 0.4) is 0 Å². The molecule has 0 radical (unpaired) electrons. The van der Waals surface area contributed by atoms with Gasteiger partial charge in [0.1, 0.15) is 18.6 Å². The van der Waals surface area contributed by atoms with Crippen molar-refractivity contribution in [3.8, 4) is 0 Å². The van der Waals surface area contributed by atoms with Crippen molar-refractivity contribution in [3.63, 3.8) is 0 Å². The topological polar surface area (TPSA) is 190 Å². The number of nitrogens with one attached hydrogen (secondary N) is 2. The molecule has 8 N–H and O–H groups in total. The van der Waals surface area contributed by atoms with Gasteiger partial charge < -0.3 is 32.1 Å². The Morgan fingerprint density at radius 2 is 1.76 bits per heavy atom. The van der Waals surface area contributed by atoms with Crippen LogP contribution in [-0.2, 0) is 19.2 Å². The normalized spacial score (nSPS) is 12.5. The molecule has 0 aromatic rings. The second-order valence-corrected chi connectivity index (χ2v) is 4.26. The fraction of sp³-hybridized carbons (Fsp3) is 0.600. The highest BCUT2D eigenvalue weighted by atomic mass is 32.1. The van der Waals surface area contributed by atoms with Crippen molar-refractivity contribution in [2.75, 3.05) is 12.3 Å². The van der Waals surface area contributed by atoms with E-state index in [0.717, 1.165) is 0 Å². The molecule has 2 atom stereocenters. The van der Waals surface area contributed by atoms with Crippen LogP contribution in [0.15, 0.2) is 0 Å². The summed E-state index contributed by atoms with van der Waals surface area (Å²) in [6, 6.07) is -2.15. The molecule has 0 saturated heterocycles. The van der Waals surface area contributed by atoms with Crippen LogP contribution < -0.4 is 16.4 Å². The first-order valence-electron chi connectivity index (χ1n) is 5.66. The molecule has 0 rings (SSSR count). The Labute approximate surface area is 125 Å². The summed E-state index contributed by atoms with van der Waals surface area (Å²) in [5.41, 5.74) is 5.23. The lowest BCUT2D eigenvalue weighted by Gasteiger charge is -2.16. The molecule has 0 bridgehead atoms. The van der Waals surface area contributed by atoms with E-state index in [2.05, 4.69) is 23.3 Å². The average Bonchev–Trinajstić information content (AvgIpc) is 2.38. The van der Waals surface area contributed by atoms with Gasteiger partial charge in [-0.05, 0) is 6.42 Å². The van der Waals surface area contributed by atoms with Gasteiger partial charge in [-0.15, -0.1) is 0 Å². The second kappa shape index (κ2) is 10.9. The number of aliphatic carboxylic acids is 2. The number of nitrogens with two attached hydrogens (primary N) is 1. The molecule has 11 heteroatoms. The highest BCUT2D eigenvalue weighted by Gasteiger charge is 2.20. The minimum Gasteiger partial charge on any atom is -0.480 e. The maximum atomic E-state index is 11.5. The van der Waals surface area contributed by atoms with Gasteiger partial charge in [-0.25, -0.2) is 0 Å². The Morgan fingerprint density at radius 1 is 1.19 bits per heavy atom. The van der Waals surface area contributed by atoms with E-state index in [4.69, 9.17) is 15.9 Å². The molecule has 0 spiro atoms. The van der Waals surface area contributed by atoms with Crippen LogP contribution in [0.25, 0.3) is 0 Å². The van der Waals surface area contributed by atoms with Crippen molar-refractivity contribution in [1.29, 1.82) is 0 Å². The van der Waals surface area contributed by atoms with Crippen molar-refractivity contribution in [2.24, 2.45) is 5.73 Å². The molecule has 0 aliphatic carbocycles. The van der Waals surface area contributed by atoms with Gasteiger partial charge in [0, 0.05) is 12.2 Å². The number of hydrogen-bond acceptors (Lipinski definition) is 6. The molecule has 10 nitrogen and oxygen atoms in total. The number of amides is 2. The van der Waals surface area contributed by atoms with Gasteiger partial charge in [0.25, 0.3) is 0 Å². The number of carbonyl (C=O) groups excluding carboxylic acids is 2. The monoisotopic (exact) mass is 325 g/mol. The summed E-state index contributed by atoms with van der Waals surface area (Å²) in [4.78, 5) is 43.7. The van der Waals surface area contributed by atoms with Gasteiger partial charge in [0.05, 0.1) is 0 Å². The highest BCUT2D eigenvalue weighted by Crippen LogP contribution is 1.97. The van der Waals surface area contributed by atoms with Crippen molar-refractivity contribution in [1.82, 2.24) is 10.6 Å². The zero-order valence-electron chi connectivity index (χ0n) is 11.0. The van der Waals surface area contributed by atoms with Gasteiger partial charge in [-0.1, -0.05) is 0 Å². The first kappa shape index (κ1) is 21.4. The fourth-order valence-corrected chi connectivity index (χ4v) is 1.41. The summed E-state index contributed by atoms with van der Waals surface area (Å²) in [6.07, 6.45) is -0.235. The maximum Gasteiger partial charge on any atom is 0.322 e. The Balaban J connectivity index is 0. The molecule has 0 aliphatic rings. The van der Waals surface area contributed by atoms with E-state index in [1.54, 1.807) is 0 Å². The number of carbonyl (C=O) groups is 4. The molecule has 0 fully saturated rings. The number of hydrogen-bond donors (Lipinski definition) is 6. The van der Waals surface area contributed by atoms with Gasteiger partial charge in [-0.2, -0.15) is 12.6 Å². The number of carboxylic acid groups (broad SMARTS) is 2. The van der Waals surface area contributed by atoms with Crippen LogP contribution in [0.2, 0.25) is 0 Å². The van der Waals surface area contributed by atoms with Crippen LogP contribution in [0.1, 0.15) is 12.8 Å². The van der Waals surface area contributed by atoms with E-state index in [1.165, 1.54) is 0 Å². The predicted molar refractivity (Wildman–Crippen MR) is 74.9 cm³/mol. The van der Waals surface area contributed by atoms with E-state index in [0.29, 0.717) is 0 Å². The van der Waals surface area contributed by atoms with Crippen molar-refractivity contribution in [3.05, 3.63) is 0 Å². The number of carboxylic acids is 2. The van der Waals surface area contributed by atoms with Crippen LogP contribution in [0.4, 0.5) is 0 Å². The summed E-state index contributed by atoms with van der Waals surface area (Å²) >= 11 is 3.87. The highest BCUT2D eigenvalue weighted by molar-refractivity contribution is 7.80. The molecule has 0 aliphatic heterocycles. The Kier molecular flexibility index (Phi) is 11.1. The quantitative estimate of drug-likeness (QED) is 0.243. The van der Waals surface area contributed by atoms with E-state index in [1.807, 2.05) is 0 Å². The van der Waals surface area contributed by atoms with E-state index >= 15 is 0 Å². The average molecular weight is 325 g/mol. The molecule has 0 aromatic carbocycles. The Hall–Kier alpha value is -1.85. The lowest BCUT2D eigenvalue weighted by Crippen LogP contribution is -2.49. The Bertz CT molecular complexity index is 391. The van der Waals surface area contributed by atoms with Crippen molar-refractivity contribution in [2.45, 2.75) is 24.9 Å². The standard InChI is InChI=1S/C10H17N3O6S.H2O/c11-5(10(18)19)1-2-7(14)13-6(4-20)9(17)12-3-8(15)16;/h5-6,20H,1-4,11H2,(H,12,17)(H,13,14)(H,15,16)(H,18,19);1H2/t5-,6-;/m0./s1. The number of thiol groups is 1. The van der Waals surface area contributed by atoms with Crippen LogP contribution in [0.5, 0.6) is 0 Å². The van der Waals surface area contributed by atoms with E-state index in [-0.39, 0.29) is 24.1 Å². The molecule has 21 heavy (non-hydrogen) atoms. The summed E-state index contributed by atoms with van der Waals surface area (Å²) in [7, 11) is 0. The molecule has 122 valence electrons. The first-order chi connectivity index (χ1) is 9.27. The van der Waals surface area contributed by atoms with Gasteiger partial charge >= 0.3 is 11.9 Å². The summed E-state index contributed by atoms with van der Waals surface area (Å²) in [6.45, 7) is -0.567. The number of rotatable bonds is 9. The zero-order valence-corrected chi connectivity index (χ0v) is 11.9. The second-order valence-electron chi connectivity index (χ2n) is 3.90. The summed E-state index contributed by atoms with van der Waals surface area (Å²) < 4.78 is 0. The molecule has 0 unspecified atom stereocenters. The third kappa shape index (κ3) is 9.65. The van der Waals surface area contributed by atoms with Gasteiger partial charge in [0.15, 0.2) is 0 Å². The summed E-state index contributed by atoms with van der Waals surface area (Å²) in [5, 5.41) is 21.4. The zero-order chi connectivity index (χ0) is 15.7. The minimum atomic E-state index is -1.22. The third-order valence-corrected chi connectivity index (χ3v) is 2.61. The first-order valence-corrected chi connectivity index (χ1v) is 6.29. The van der Waals surface area contributed by atoms with Crippen molar-refractivity contribution < 1.29 is 34.9 Å². The molecule has 0 heterocycles. The lowest BCUT2D eigenvalue weighted by molar-refractivity contribution is -0.139. The smallest absolute Gasteiger partial charge is 0.322 e. The van der Waals surface area contributed by atoms with Crippen LogP contribution in [0, 0.1) is 0 Å². The van der Waals surface area contributed by atoms with Gasteiger partial charge in [-0.3, -0.25) is 19.2 Å². The SMILES string of the molecule is N[C@@H](CCC(=O)N[C@@H](CS)C(=O)NCC(=O)O)C(=O)O.O. The third-order valence-electron chi connectivity index (χ3n) is 2.25. The fourth-order valence-electron chi connectivity index (χ4n) is 1.16. The predicted octanol–water partition coefficient (Wildman–Crippen LogP) is -3.03. The molecular weight excluding hydrogens is 306 g/mol. The van der Waals surface area contributed by atoms with Crippen molar-refractivity contribution >= 4 is 36.4 Å². The molecule has 0 saturated carbocycles. The van der Waals surface area contributed by atoms with Gasteiger partial charge in [0.2, 0.25) is 11.8 Å². The minimum absolute atomic E-state index is 0. The maximum absolute atomic E-state index is 11.5. The van der Waals surface area contributed by atoms with E-state index < -0.39 is 42.4 Å². The molecular formula is C10H19N3O7S. The largest absolute Gasteiger partial charge is 0.480 e. The lowest BCUT2D eigenvalue weighted by atomic mass is 10.1. The summed E-state index contributed by atoms with van der Waals surface area (Å²) in [5.74, 6) is -3.70. The van der Waals surface area contributed by atoms with E-state index in [9.17, 15) is 19.2 Å².